The summed E-state index contributed by atoms with van der Waals surface area (Å²) in [5.74, 6) is 0.0795. The third-order valence-electron chi connectivity index (χ3n) is 3.84. The largest absolute Gasteiger partial charge is 0.324 e. The van der Waals surface area contributed by atoms with Crippen LogP contribution in [0.25, 0.3) is 0 Å². The Morgan fingerprint density at radius 2 is 2.16 bits per heavy atom. The Morgan fingerprint density at radius 3 is 2.89 bits per heavy atom. The molecule has 0 aliphatic carbocycles. The van der Waals surface area contributed by atoms with Crippen molar-refractivity contribution >= 4 is 11.6 Å². The van der Waals surface area contributed by atoms with Crippen molar-refractivity contribution in [2.45, 2.75) is 31.8 Å². The summed E-state index contributed by atoms with van der Waals surface area (Å²) in [6, 6.07) is 8.35. The molecule has 4 heteroatoms. The van der Waals surface area contributed by atoms with Gasteiger partial charge in [0, 0.05) is 18.3 Å². The van der Waals surface area contributed by atoms with Crippen molar-refractivity contribution in [3.05, 3.63) is 29.8 Å². The molecule has 0 fully saturated rings. The van der Waals surface area contributed by atoms with Crippen LogP contribution >= 0.6 is 0 Å². The fourth-order valence-electron chi connectivity index (χ4n) is 2.20. The zero-order chi connectivity index (χ0) is 13.8. The number of rotatable bonds is 4. The number of fused-ring (bicyclic) bond motifs is 1. The van der Waals surface area contributed by atoms with Crippen LogP contribution < -0.4 is 10.6 Å². The molecule has 1 aromatic carbocycles. The van der Waals surface area contributed by atoms with Gasteiger partial charge in [-0.25, -0.2) is 0 Å². The molecule has 0 saturated carbocycles. The van der Waals surface area contributed by atoms with Crippen LogP contribution in [-0.2, 0) is 11.2 Å². The van der Waals surface area contributed by atoms with Crippen molar-refractivity contribution in [1.29, 1.82) is 0 Å². The molecule has 0 saturated heterocycles. The molecule has 1 aliphatic heterocycles. The fourth-order valence-corrected chi connectivity index (χ4v) is 2.20. The Balaban J connectivity index is 1.97. The number of hydrogen-bond acceptors (Lipinski definition) is 3. The average molecular weight is 261 g/mol. The van der Waals surface area contributed by atoms with Gasteiger partial charge in [-0.2, -0.15) is 0 Å². The SMILES string of the molecule is CC(CNC1CCc2ccccc2NC1=O)N(C)C. The van der Waals surface area contributed by atoms with Gasteiger partial charge >= 0.3 is 0 Å². The molecule has 104 valence electrons. The molecule has 0 aromatic heterocycles. The minimum atomic E-state index is -0.102. The van der Waals surface area contributed by atoms with E-state index in [1.807, 2.05) is 18.2 Å². The lowest BCUT2D eigenvalue weighted by Crippen LogP contribution is -2.45. The molecule has 4 nitrogen and oxygen atoms in total. The zero-order valence-corrected chi connectivity index (χ0v) is 11.9. The molecular weight excluding hydrogens is 238 g/mol. The third kappa shape index (κ3) is 3.55. The molecule has 1 aliphatic rings. The molecular formula is C15H23N3O. The van der Waals surface area contributed by atoms with E-state index in [-0.39, 0.29) is 11.9 Å². The number of carbonyl (C=O) groups is 1. The molecule has 1 heterocycles. The van der Waals surface area contributed by atoms with Gasteiger partial charge in [0.25, 0.3) is 0 Å². The summed E-state index contributed by atoms with van der Waals surface area (Å²) in [4.78, 5) is 14.3. The van der Waals surface area contributed by atoms with Gasteiger partial charge in [0.05, 0.1) is 6.04 Å². The van der Waals surface area contributed by atoms with Gasteiger partial charge in [-0.05, 0) is 45.5 Å². The Labute approximate surface area is 115 Å². The first kappa shape index (κ1) is 14.0. The maximum Gasteiger partial charge on any atom is 0.241 e. The van der Waals surface area contributed by atoms with E-state index in [4.69, 9.17) is 0 Å². The van der Waals surface area contributed by atoms with E-state index in [0.29, 0.717) is 6.04 Å². The van der Waals surface area contributed by atoms with Gasteiger partial charge in [-0.1, -0.05) is 18.2 Å². The van der Waals surface area contributed by atoms with E-state index < -0.39 is 0 Å². The second kappa shape index (κ2) is 6.17. The Hall–Kier alpha value is -1.39. The van der Waals surface area contributed by atoms with Gasteiger partial charge in [0.15, 0.2) is 0 Å². The fraction of sp³-hybridized carbons (Fsp3) is 0.533. The Bertz CT molecular complexity index is 445. The van der Waals surface area contributed by atoms with Crippen LogP contribution in [0.4, 0.5) is 5.69 Å². The van der Waals surface area contributed by atoms with Gasteiger partial charge in [-0.3, -0.25) is 4.79 Å². The highest BCUT2D eigenvalue weighted by Gasteiger charge is 2.23. The van der Waals surface area contributed by atoms with Gasteiger partial charge in [-0.15, -0.1) is 0 Å². The minimum Gasteiger partial charge on any atom is -0.324 e. The van der Waals surface area contributed by atoms with Gasteiger partial charge < -0.3 is 15.5 Å². The molecule has 0 bridgehead atoms. The maximum atomic E-state index is 12.2. The van der Waals surface area contributed by atoms with Gasteiger partial charge in [0.2, 0.25) is 5.91 Å². The van der Waals surface area contributed by atoms with E-state index in [1.54, 1.807) is 0 Å². The van der Waals surface area contributed by atoms with Crippen LogP contribution in [-0.4, -0.2) is 43.5 Å². The van der Waals surface area contributed by atoms with E-state index in [2.05, 4.69) is 42.6 Å². The molecule has 2 rings (SSSR count). The predicted octanol–water partition coefficient (Wildman–Crippen LogP) is 1.48. The Morgan fingerprint density at radius 1 is 1.42 bits per heavy atom. The first-order valence-corrected chi connectivity index (χ1v) is 6.86. The zero-order valence-electron chi connectivity index (χ0n) is 11.9. The number of nitrogens with zero attached hydrogens (tertiary/aromatic N) is 1. The highest BCUT2D eigenvalue weighted by Crippen LogP contribution is 2.21. The van der Waals surface area contributed by atoms with E-state index in [0.717, 1.165) is 25.1 Å². The summed E-state index contributed by atoms with van der Waals surface area (Å²) in [7, 11) is 4.10. The van der Waals surface area contributed by atoms with Crippen LogP contribution in [0, 0.1) is 0 Å². The molecule has 19 heavy (non-hydrogen) atoms. The van der Waals surface area contributed by atoms with E-state index in [9.17, 15) is 4.79 Å². The molecule has 0 radical (unpaired) electrons. The number of amides is 1. The molecule has 2 atom stereocenters. The molecule has 0 spiro atoms. The van der Waals surface area contributed by atoms with Crippen molar-refractivity contribution in [3.8, 4) is 0 Å². The number of carbonyl (C=O) groups excluding carboxylic acids is 1. The van der Waals surface area contributed by atoms with Crippen molar-refractivity contribution in [3.63, 3.8) is 0 Å². The highest BCUT2D eigenvalue weighted by molar-refractivity contribution is 5.96. The predicted molar refractivity (Wildman–Crippen MR) is 78.3 cm³/mol. The smallest absolute Gasteiger partial charge is 0.241 e. The first-order valence-electron chi connectivity index (χ1n) is 6.86. The number of para-hydroxylation sites is 1. The molecule has 1 aromatic rings. The van der Waals surface area contributed by atoms with E-state index in [1.165, 1.54) is 5.56 Å². The number of anilines is 1. The standard InChI is InChI=1S/C15H23N3O/c1-11(18(2)3)10-16-14-9-8-12-6-4-5-7-13(12)17-15(14)19/h4-7,11,14,16H,8-10H2,1-3H3,(H,17,19). The van der Waals surface area contributed by atoms with Crippen molar-refractivity contribution in [2.75, 3.05) is 26.0 Å². The first-order chi connectivity index (χ1) is 9.08. The average Bonchev–Trinajstić information content (AvgIpc) is 2.54. The maximum absolute atomic E-state index is 12.2. The van der Waals surface area contributed by atoms with Crippen LogP contribution in [0.3, 0.4) is 0 Å². The van der Waals surface area contributed by atoms with Crippen molar-refractivity contribution in [2.24, 2.45) is 0 Å². The van der Waals surface area contributed by atoms with Gasteiger partial charge in [0.1, 0.15) is 0 Å². The summed E-state index contributed by atoms with van der Waals surface area (Å²) in [5.41, 5.74) is 2.18. The van der Waals surface area contributed by atoms with Crippen LogP contribution in [0.1, 0.15) is 18.9 Å². The normalized spacial score (nSPS) is 20.6. The highest BCUT2D eigenvalue weighted by atomic mass is 16.2. The number of benzene rings is 1. The second-order valence-corrected chi connectivity index (χ2v) is 5.46. The Kier molecular flexibility index (Phi) is 4.56. The topological polar surface area (TPSA) is 44.4 Å². The summed E-state index contributed by atoms with van der Waals surface area (Å²) in [6.07, 6.45) is 1.78. The van der Waals surface area contributed by atoms with Crippen molar-refractivity contribution < 1.29 is 4.79 Å². The lowest BCUT2D eigenvalue weighted by atomic mass is 10.1. The quantitative estimate of drug-likeness (QED) is 0.863. The number of nitrogens with one attached hydrogen (secondary N) is 2. The molecule has 2 N–H and O–H groups in total. The molecule has 1 amide bonds. The van der Waals surface area contributed by atoms with Crippen molar-refractivity contribution in [1.82, 2.24) is 10.2 Å². The summed E-state index contributed by atoms with van der Waals surface area (Å²) < 4.78 is 0. The number of hydrogen-bond donors (Lipinski definition) is 2. The summed E-state index contributed by atoms with van der Waals surface area (Å²) in [6.45, 7) is 2.97. The summed E-state index contributed by atoms with van der Waals surface area (Å²) in [5, 5.41) is 6.38. The van der Waals surface area contributed by atoms with Crippen LogP contribution in [0.15, 0.2) is 24.3 Å². The lowest BCUT2D eigenvalue weighted by molar-refractivity contribution is -0.118. The summed E-state index contributed by atoms with van der Waals surface area (Å²) >= 11 is 0. The lowest BCUT2D eigenvalue weighted by Gasteiger charge is -2.23. The van der Waals surface area contributed by atoms with Crippen LogP contribution in [0.2, 0.25) is 0 Å². The number of likely N-dealkylation sites (N-methyl/N-ethyl adjacent to an activating group) is 1. The van der Waals surface area contributed by atoms with Crippen LogP contribution in [0.5, 0.6) is 0 Å². The third-order valence-corrected chi connectivity index (χ3v) is 3.84. The number of aryl methyl sites for hydroxylation is 1. The van der Waals surface area contributed by atoms with E-state index >= 15 is 0 Å². The monoisotopic (exact) mass is 261 g/mol. The molecule has 2 unspecified atom stereocenters. The minimum absolute atomic E-state index is 0.0795. The second-order valence-electron chi connectivity index (χ2n) is 5.46.